The van der Waals surface area contributed by atoms with Crippen LogP contribution in [0.5, 0.6) is 5.75 Å². The molecule has 2 N–H and O–H groups in total. The molecule has 0 unspecified atom stereocenters. The summed E-state index contributed by atoms with van der Waals surface area (Å²) in [5.74, 6) is 0.656. The zero-order valence-corrected chi connectivity index (χ0v) is 9.96. The van der Waals surface area contributed by atoms with Gasteiger partial charge in [-0.3, -0.25) is 0 Å². The van der Waals surface area contributed by atoms with E-state index in [4.69, 9.17) is 26.2 Å². The van der Waals surface area contributed by atoms with Crippen molar-refractivity contribution in [3.63, 3.8) is 0 Å². The molecule has 5 heteroatoms. The fourth-order valence-corrected chi connectivity index (χ4v) is 1.47. The van der Waals surface area contributed by atoms with Gasteiger partial charge in [-0.15, -0.1) is 0 Å². The van der Waals surface area contributed by atoms with Gasteiger partial charge in [0, 0.05) is 12.2 Å². The van der Waals surface area contributed by atoms with Crippen LogP contribution in [0, 0.1) is 0 Å². The van der Waals surface area contributed by atoms with Crippen molar-refractivity contribution in [1.82, 2.24) is 0 Å². The number of hydrogen-bond acceptors (Lipinski definition) is 4. The van der Waals surface area contributed by atoms with E-state index in [2.05, 4.69) is 5.32 Å². The topological polar surface area (TPSA) is 50.7 Å². The Hall–Kier alpha value is -0.970. The Balaban J connectivity index is 2.34. The molecule has 0 saturated heterocycles. The molecule has 0 aliphatic carbocycles. The molecule has 0 amide bonds. The van der Waals surface area contributed by atoms with Crippen molar-refractivity contribution in [2.45, 2.75) is 0 Å². The molecule has 0 radical (unpaired) electrons. The first-order chi connectivity index (χ1) is 7.77. The SMILES string of the molecule is COc1ccc(NCCOCCO)cc1Cl. The monoisotopic (exact) mass is 245 g/mol. The summed E-state index contributed by atoms with van der Waals surface area (Å²) < 4.78 is 10.2. The van der Waals surface area contributed by atoms with Crippen molar-refractivity contribution in [3.8, 4) is 5.75 Å². The summed E-state index contributed by atoms with van der Waals surface area (Å²) in [5.41, 5.74) is 0.915. The maximum absolute atomic E-state index is 8.50. The second-order valence-corrected chi connectivity index (χ2v) is 3.52. The third-order valence-corrected chi connectivity index (χ3v) is 2.26. The third-order valence-electron chi connectivity index (χ3n) is 1.96. The molecule has 0 aliphatic heterocycles. The number of hydrogen-bond donors (Lipinski definition) is 2. The molecular weight excluding hydrogens is 230 g/mol. The van der Waals surface area contributed by atoms with E-state index in [1.807, 2.05) is 6.07 Å². The van der Waals surface area contributed by atoms with E-state index in [-0.39, 0.29) is 6.61 Å². The Morgan fingerprint density at radius 3 is 2.81 bits per heavy atom. The van der Waals surface area contributed by atoms with Crippen LogP contribution in [0.15, 0.2) is 18.2 Å². The molecule has 0 heterocycles. The summed E-state index contributed by atoms with van der Waals surface area (Å²) in [6.45, 7) is 1.63. The van der Waals surface area contributed by atoms with Gasteiger partial charge in [0.2, 0.25) is 0 Å². The number of aliphatic hydroxyl groups is 1. The summed E-state index contributed by atoms with van der Waals surface area (Å²) in [6, 6.07) is 5.49. The molecule has 90 valence electrons. The minimum atomic E-state index is 0.0500. The number of halogens is 1. The second kappa shape index (κ2) is 7.33. The van der Waals surface area contributed by atoms with Crippen LogP contribution in [0.2, 0.25) is 5.02 Å². The highest BCUT2D eigenvalue weighted by Gasteiger charge is 2.00. The lowest BCUT2D eigenvalue weighted by Gasteiger charge is -2.09. The van der Waals surface area contributed by atoms with Crippen molar-refractivity contribution in [2.75, 3.05) is 38.8 Å². The van der Waals surface area contributed by atoms with E-state index in [1.54, 1.807) is 19.2 Å². The lowest BCUT2D eigenvalue weighted by atomic mass is 10.3. The van der Waals surface area contributed by atoms with Gasteiger partial charge in [0.15, 0.2) is 0 Å². The number of rotatable bonds is 7. The van der Waals surface area contributed by atoms with Crippen LogP contribution >= 0.6 is 11.6 Å². The van der Waals surface area contributed by atoms with Gasteiger partial charge in [0.1, 0.15) is 5.75 Å². The lowest BCUT2D eigenvalue weighted by molar-refractivity contribution is 0.0992. The minimum Gasteiger partial charge on any atom is -0.495 e. The maximum atomic E-state index is 8.50. The molecule has 0 bridgehead atoms. The summed E-state index contributed by atoms with van der Waals surface area (Å²) in [5, 5.41) is 12.2. The molecule has 0 saturated carbocycles. The molecule has 1 aromatic carbocycles. The lowest BCUT2D eigenvalue weighted by Crippen LogP contribution is -2.11. The van der Waals surface area contributed by atoms with Crippen molar-refractivity contribution in [2.24, 2.45) is 0 Å². The maximum Gasteiger partial charge on any atom is 0.137 e. The fourth-order valence-electron chi connectivity index (χ4n) is 1.21. The summed E-state index contributed by atoms with van der Waals surface area (Å²) in [7, 11) is 1.58. The Morgan fingerprint density at radius 2 is 2.19 bits per heavy atom. The molecule has 1 rings (SSSR count). The highest BCUT2D eigenvalue weighted by atomic mass is 35.5. The van der Waals surface area contributed by atoms with Crippen LogP contribution in [0.25, 0.3) is 0 Å². The average Bonchev–Trinajstić information content (AvgIpc) is 2.29. The number of benzene rings is 1. The third kappa shape index (κ3) is 4.26. The Morgan fingerprint density at radius 1 is 1.38 bits per heavy atom. The predicted octanol–water partition coefficient (Wildman–Crippen LogP) is 1.77. The van der Waals surface area contributed by atoms with E-state index >= 15 is 0 Å². The Bertz CT molecular complexity index is 320. The zero-order valence-electron chi connectivity index (χ0n) is 9.20. The summed E-state index contributed by atoms with van der Waals surface area (Å²) in [6.07, 6.45) is 0. The standard InChI is InChI=1S/C11H16ClNO3/c1-15-11-3-2-9(8-10(11)12)13-4-6-16-7-5-14/h2-3,8,13-14H,4-7H2,1H3. The zero-order chi connectivity index (χ0) is 11.8. The second-order valence-electron chi connectivity index (χ2n) is 3.11. The number of anilines is 1. The van der Waals surface area contributed by atoms with Crippen LogP contribution in [-0.2, 0) is 4.74 Å². The Kier molecular flexibility index (Phi) is 6.00. The van der Waals surface area contributed by atoms with Crippen molar-refractivity contribution < 1.29 is 14.6 Å². The molecule has 0 atom stereocenters. The highest BCUT2D eigenvalue weighted by molar-refractivity contribution is 6.32. The highest BCUT2D eigenvalue weighted by Crippen LogP contribution is 2.26. The first-order valence-electron chi connectivity index (χ1n) is 5.04. The predicted molar refractivity (Wildman–Crippen MR) is 64.4 cm³/mol. The summed E-state index contributed by atoms with van der Waals surface area (Å²) >= 11 is 5.96. The van der Waals surface area contributed by atoms with E-state index in [1.165, 1.54) is 0 Å². The van der Waals surface area contributed by atoms with Gasteiger partial charge < -0.3 is 19.9 Å². The molecular formula is C11H16ClNO3. The van der Waals surface area contributed by atoms with Gasteiger partial charge in [-0.05, 0) is 18.2 Å². The molecule has 0 aromatic heterocycles. The normalized spacial score (nSPS) is 10.2. The van der Waals surface area contributed by atoms with E-state index in [9.17, 15) is 0 Å². The van der Waals surface area contributed by atoms with Gasteiger partial charge in [0.25, 0.3) is 0 Å². The fraction of sp³-hybridized carbons (Fsp3) is 0.455. The molecule has 4 nitrogen and oxygen atoms in total. The largest absolute Gasteiger partial charge is 0.495 e. The van der Waals surface area contributed by atoms with Crippen LogP contribution < -0.4 is 10.1 Å². The van der Waals surface area contributed by atoms with Gasteiger partial charge >= 0.3 is 0 Å². The van der Waals surface area contributed by atoms with Crippen molar-refractivity contribution in [3.05, 3.63) is 23.2 Å². The molecule has 0 spiro atoms. The van der Waals surface area contributed by atoms with Crippen LogP contribution in [0.1, 0.15) is 0 Å². The van der Waals surface area contributed by atoms with E-state index in [0.717, 1.165) is 5.69 Å². The van der Waals surface area contributed by atoms with Crippen LogP contribution in [0.4, 0.5) is 5.69 Å². The van der Waals surface area contributed by atoms with Gasteiger partial charge in [-0.1, -0.05) is 11.6 Å². The first-order valence-corrected chi connectivity index (χ1v) is 5.41. The summed E-state index contributed by atoms with van der Waals surface area (Å²) in [4.78, 5) is 0. The number of nitrogens with one attached hydrogen (secondary N) is 1. The molecule has 16 heavy (non-hydrogen) atoms. The average molecular weight is 246 g/mol. The smallest absolute Gasteiger partial charge is 0.137 e. The van der Waals surface area contributed by atoms with Gasteiger partial charge in [-0.2, -0.15) is 0 Å². The quantitative estimate of drug-likeness (QED) is 0.719. The van der Waals surface area contributed by atoms with Crippen LogP contribution in [0.3, 0.4) is 0 Å². The van der Waals surface area contributed by atoms with Crippen LogP contribution in [-0.4, -0.2) is 38.6 Å². The van der Waals surface area contributed by atoms with Gasteiger partial charge in [0.05, 0.1) is 32.0 Å². The minimum absolute atomic E-state index is 0.0500. The number of aliphatic hydroxyl groups excluding tert-OH is 1. The van der Waals surface area contributed by atoms with Gasteiger partial charge in [-0.25, -0.2) is 0 Å². The number of methoxy groups -OCH3 is 1. The first kappa shape index (κ1) is 13.1. The van der Waals surface area contributed by atoms with E-state index in [0.29, 0.717) is 30.5 Å². The molecule has 1 aromatic rings. The van der Waals surface area contributed by atoms with Crippen molar-refractivity contribution in [1.29, 1.82) is 0 Å². The Labute approximate surface area is 100 Å². The number of ether oxygens (including phenoxy) is 2. The molecule has 0 fully saturated rings. The molecule has 0 aliphatic rings. The van der Waals surface area contributed by atoms with Crippen molar-refractivity contribution >= 4 is 17.3 Å². The van der Waals surface area contributed by atoms with E-state index < -0.39 is 0 Å².